The van der Waals surface area contributed by atoms with Crippen molar-refractivity contribution in [1.29, 1.82) is 0 Å². The van der Waals surface area contributed by atoms with Crippen LogP contribution in [0.1, 0.15) is 37.0 Å². The number of carbonyl (C=O) groups is 2. The molecule has 3 aromatic rings. The second-order valence-electron chi connectivity index (χ2n) is 8.63. The summed E-state index contributed by atoms with van der Waals surface area (Å²) in [5.41, 5.74) is 4.15. The molecule has 2 amide bonds. The van der Waals surface area contributed by atoms with Gasteiger partial charge in [0.25, 0.3) is 5.91 Å². The molecule has 2 N–H and O–H groups in total. The number of rotatable bonds is 6. The fourth-order valence-electron chi connectivity index (χ4n) is 4.45. The van der Waals surface area contributed by atoms with E-state index < -0.39 is 17.4 Å². The zero-order valence-corrected chi connectivity index (χ0v) is 18.6. The second kappa shape index (κ2) is 8.63. The molecule has 0 radical (unpaired) electrons. The first-order valence-corrected chi connectivity index (χ1v) is 10.8. The van der Waals surface area contributed by atoms with E-state index in [9.17, 15) is 9.59 Å². The van der Waals surface area contributed by atoms with Crippen LogP contribution in [0, 0.1) is 6.92 Å². The number of benzene rings is 3. The van der Waals surface area contributed by atoms with Crippen LogP contribution >= 0.6 is 0 Å². The SMILES string of the molecule is Cc1ccc2ccccc2c1COc1ccc(C2(C)CCN(C(C)C(=O)NO)C2=O)cc1. The Balaban J connectivity index is 1.49. The molecule has 0 aliphatic carbocycles. The van der Waals surface area contributed by atoms with Crippen LogP contribution in [0.5, 0.6) is 5.75 Å². The third-order valence-electron chi connectivity index (χ3n) is 6.69. The summed E-state index contributed by atoms with van der Waals surface area (Å²) in [6.45, 7) is 6.52. The summed E-state index contributed by atoms with van der Waals surface area (Å²) in [5.74, 6) is 0.0312. The van der Waals surface area contributed by atoms with Gasteiger partial charge in [-0.2, -0.15) is 0 Å². The van der Waals surface area contributed by atoms with Gasteiger partial charge in [-0.25, -0.2) is 5.48 Å². The first-order chi connectivity index (χ1) is 15.3. The molecule has 0 bridgehead atoms. The van der Waals surface area contributed by atoms with E-state index in [4.69, 9.17) is 9.94 Å². The van der Waals surface area contributed by atoms with Gasteiger partial charge >= 0.3 is 0 Å². The molecule has 166 valence electrons. The van der Waals surface area contributed by atoms with Crippen LogP contribution < -0.4 is 10.2 Å². The summed E-state index contributed by atoms with van der Waals surface area (Å²) in [6.07, 6.45) is 0.601. The van der Waals surface area contributed by atoms with Crippen molar-refractivity contribution in [3.05, 3.63) is 77.4 Å². The first-order valence-electron chi connectivity index (χ1n) is 10.8. The molecule has 32 heavy (non-hydrogen) atoms. The van der Waals surface area contributed by atoms with Crippen molar-refractivity contribution in [2.45, 2.75) is 45.3 Å². The van der Waals surface area contributed by atoms with Crippen molar-refractivity contribution in [2.24, 2.45) is 0 Å². The lowest BCUT2D eigenvalue weighted by Crippen LogP contribution is -2.47. The van der Waals surface area contributed by atoms with Crippen molar-refractivity contribution in [1.82, 2.24) is 10.4 Å². The van der Waals surface area contributed by atoms with E-state index in [0.29, 0.717) is 19.6 Å². The summed E-state index contributed by atoms with van der Waals surface area (Å²) in [7, 11) is 0. The number of carbonyl (C=O) groups excluding carboxylic acids is 2. The molecule has 1 saturated heterocycles. The normalized spacial score (nSPS) is 19.2. The van der Waals surface area contributed by atoms with Crippen molar-refractivity contribution < 1.29 is 19.5 Å². The number of hydroxylamine groups is 1. The lowest BCUT2D eigenvalue weighted by molar-refractivity contribution is -0.143. The molecule has 1 aliphatic rings. The highest BCUT2D eigenvalue weighted by Crippen LogP contribution is 2.37. The molecule has 1 aliphatic heterocycles. The molecular weight excluding hydrogens is 404 g/mol. The monoisotopic (exact) mass is 432 g/mol. The summed E-state index contributed by atoms with van der Waals surface area (Å²) >= 11 is 0. The molecule has 2 unspecified atom stereocenters. The number of nitrogens with one attached hydrogen (secondary N) is 1. The van der Waals surface area contributed by atoms with E-state index in [1.165, 1.54) is 21.2 Å². The summed E-state index contributed by atoms with van der Waals surface area (Å²) < 4.78 is 6.09. The van der Waals surface area contributed by atoms with Crippen LogP contribution in [0.15, 0.2) is 60.7 Å². The Morgan fingerprint density at radius 3 is 2.59 bits per heavy atom. The number of likely N-dealkylation sites (tertiary alicyclic amines) is 1. The Morgan fingerprint density at radius 1 is 1.16 bits per heavy atom. The van der Waals surface area contributed by atoms with Gasteiger partial charge in [-0.05, 0) is 61.2 Å². The minimum Gasteiger partial charge on any atom is -0.489 e. The number of ether oxygens (including phenoxy) is 1. The molecule has 4 rings (SSSR count). The van der Waals surface area contributed by atoms with E-state index in [1.54, 1.807) is 12.4 Å². The average Bonchev–Trinajstić information content (AvgIpc) is 3.13. The average molecular weight is 433 g/mol. The van der Waals surface area contributed by atoms with Gasteiger partial charge in [-0.3, -0.25) is 14.8 Å². The fourth-order valence-corrected chi connectivity index (χ4v) is 4.45. The standard InChI is InChI=1S/C26H28N2O4/c1-17-8-9-19-6-4-5-7-22(19)23(17)16-32-21-12-10-20(11-13-21)26(3)14-15-28(25(26)30)18(2)24(29)27-31/h4-13,18,31H,14-16H2,1-3H3,(H,27,29). The Bertz CT molecular complexity index is 1160. The maximum absolute atomic E-state index is 13.1. The van der Waals surface area contributed by atoms with Crippen LogP contribution in [0.3, 0.4) is 0 Å². The maximum atomic E-state index is 13.1. The number of fused-ring (bicyclic) bond motifs is 1. The molecule has 0 spiro atoms. The minimum atomic E-state index is -0.721. The lowest BCUT2D eigenvalue weighted by Gasteiger charge is -2.27. The van der Waals surface area contributed by atoms with Gasteiger partial charge in [0, 0.05) is 12.1 Å². The van der Waals surface area contributed by atoms with Crippen molar-refractivity contribution >= 4 is 22.6 Å². The molecule has 6 heteroatoms. The number of nitrogens with zero attached hydrogens (tertiary/aromatic N) is 1. The van der Waals surface area contributed by atoms with Gasteiger partial charge in [0.1, 0.15) is 18.4 Å². The van der Waals surface area contributed by atoms with Crippen LogP contribution in [0.2, 0.25) is 0 Å². The summed E-state index contributed by atoms with van der Waals surface area (Å²) in [5, 5.41) is 11.3. The highest BCUT2D eigenvalue weighted by Gasteiger charge is 2.46. The van der Waals surface area contributed by atoms with Crippen molar-refractivity contribution in [2.75, 3.05) is 6.54 Å². The minimum absolute atomic E-state index is 0.117. The predicted octanol–water partition coefficient (Wildman–Crippen LogP) is 4.11. The topological polar surface area (TPSA) is 78.9 Å². The van der Waals surface area contributed by atoms with Crippen molar-refractivity contribution in [3.63, 3.8) is 0 Å². The van der Waals surface area contributed by atoms with Crippen LogP contribution in [0.25, 0.3) is 10.8 Å². The van der Waals surface area contributed by atoms with E-state index in [0.717, 1.165) is 16.9 Å². The first kappa shape index (κ1) is 21.8. The molecule has 0 saturated carbocycles. The van der Waals surface area contributed by atoms with Gasteiger partial charge in [-0.1, -0.05) is 48.5 Å². The molecular formula is C26H28N2O4. The largest absolute Gasteiger partial charge is 0.489 e. The number of aryl methyl sites for hydroxylation is 1. The van der Waals surface area contributed by atoms with Crippen LogP contribution in [-0.4, -0.2) is 34.5 Å². The molecule has 1 heterocycles. The van der Waals surface area contributed by atoms with Crippen LogP contribution in [0.4, 0.5) is 0 Å². The van der Waals surface area contributed by atoms with E-state index in [-0.39, 0.29) is 5.91 Å². The van der Waals surface area contributed by atoms with Gasteiger partial charge < -0.3 is 9.64 Å². The highest BCUT2D eigenvalue weighted by atomic mass is 16.5. The molecule has 2 atom stereocenters. The zero-order chi connectivity index (χ0) is 22.9. The van der Waals surface area contributed by atoms with Crippen molar-refractivity contribution in [3.8, 4) is 5.75 Å². The Morgan fingerprint density at radius 2 is 1.88 bits per heavy atom. The number of hydrogen-bond donors (Lipinski definition) is 2. The van der Waals surface area contributed by atoms with Gasteiger partial charge in [0.15, 0.2) is 0 Å². The molecule has 3 aromatic carbocycles. The quantitative estimate of drug-likeness (QED) is 0.454. The Hall–Kier alpha value is -3.38. The van der Waals surface area contributed by atoms with Crippen LogP contribution in [-0.2, 0) is 21.6 Å². The third kappa shape index (κ3) is 3.82. The van der Waals surface area contributed by atoms with Gasteiger partial charge in [0.05, 0.1) is 5.41 Å². The Kier molecular flexibility index (Phi) is 5.89. The lowest BCUT2D eigenvalue weighted by atomic mass is 9.81. The van der Waals surface area contributed by atoms with E-state index in [1.807, 2.05) is 43.3 Å². The zero-order valence-electron chi connectivity index (χ0n) is 18.6. The summed E-state index contributed by atoms with van der Waals surface area (Å²) in [4.78, 5) is 26.4. The number of amides is 2. The molecule has 1 fully saturated rings. The van der Waals surface area contributed by atoms with E-state index in [2.05, 4.69) is 31.2 Å². The van der Waals surface area contributed by atoms with Gasteiger partial charge in [0.2, 0.25) is 5.91 Å². The van der Waals surface area contributed by atoms with E-state index >= 15 is 0 Å². The predicted molar refractivity (Wildman–Crippen MR) is 123 cm³/mol. The smallest absolute Gasteiger partial charge is 0.265 e. The molecule has 0 aromatic heterocycles. The van der Waals surface area contributed by atoms with Gasteiger partial charge in [-0.15, -0.1) is 0 Å². The second-order valence-corrected chi connectivity index (χ2v) is 8.63. The number of hydrogen-bond acceptors (Lipinski definition) is 4. The fraction of sp³-hybridized carbons (Fsp3) is 0.308. The maximum Gasteiger partial charge on any atom is 0.265 e. The molecule has 6 nitrogen and oxygen atoms in total. The highest BCUT2D eigenvalue weighted by molar-refractivity contribution is 5.94. The Labute approximate surface area is 187 Å². The summed E-state index contributed by atoms with van der Waals surface area (Å²) in [6, 6.07) is 19.4. The third-order valence-corrected chi connectivity index (χ3v) is 6.69.